The molecule has 0 spiro atoms. The fraction of sp³-hybridized carbons (Fsp3) is 0.235. The summed E-state index contributed by atoms with van der Waals surface area (Å²) >= 11 is 3.44. The van der Waals surface area contributed by atoms with Gasteiger partial charge >= 0.3 is 0 Å². The summed E-state index contributed by atoms with van der Waals surface area (Å²) < 4.78 is 1.01. The van der Waals surface area contributed by atoms with Crippen LogP contribution in [0, 0.1) is 0 Å². The third-order valence-electron chi connectivity index (χ3n) is 3.20. The van der Waals surface area contributed by atoms with E-state index in [1.807, 2.05) is 54.3 Å². The first-order valence-corrected chi connectivity index (χ1v) is 7.54. The van der Waals surface area contributed by atoms with E-state index >= 15 is 0 Å². The number of carbonyl (C=O) groups excluding carboxylic acids is 1. The molecule has 104 valence electrons. The van der Waals surface area contributed by atoms with Crippen LogP contribution in [0.2, 0.25) is 0 Å². The van der Waals surface area contributed by atoms with Crippen molar-refractivity contribution in [3.8, 4) is 0 Å². The molecule has 20 heavy (non-hydrogen) atoms. The van der Waals surface area contributed by atoms with Gasteiger partial charge in [-0.3, -0.25) is 4.79 Å². The van der Waals surface area contributed by atoms with E-state index in [9.17, 15) is 4.79 Å². The predicted molar refractivity (Wildman–Crippen MR) is 85.4 cm³/mol. The smallest absolute Gasteiger partial charge is 0.227 e. The lowest BCUT2D eigenvalue weighted by Crippen LogP contribution is -2.31. The van der Waals surface area contributed by atoms with Gasteiger partial charge in [0.1, 0.15) is 0 Å². The maximum atomic E-state index is 12.4. The maximum absolute atomic E-state index is 12.4. The van der Waals surface area contributed by atoms with Crippen molar-refractivity contribution >= 4 is 21.8 Å². The largest absolute Gasteiger partial charge is 0.338 e. The van der Waals surface area contributed by atoms with Gasteiger partial charge in [-0.15, -0.1) is 0 Å². The van der Waals surface area contributed by atoms with Crippen molar-refractivity contribution in [2.45, 2.75) is 19.9 Å². The molecule has 0 aliphatic carbocycles. The van der Waals surface area contributed by atoms with Gasteiger partial charge in [-0.25, -0.2) is 0 Å². The van der Waals surface area contributed by atoms with Gasteiger partial charge in [0.15, 0.2) is 0 Å². The molecule has 0 radical (unpaired) electrons. The van der Waals surface area contributed by atoms with Gasteiger partial charge in [0, 0.05) is 17.6 Å². The normalized spacial score (nSPS) is 10.3. The van der Waals surface area contributed by atoms with Crippen molar-refractivity contribution in [1.82, 2.24) is 4.90 Å². The van der Waals surface area contributed by atoms with Gasteiger partial charge in [-0.05, 0) is 30.2 Å². The Bertz CT molecular complexity index is 568. The van der Waals surface area contributed by atoms with Crippen LogP contribution < -0.4 is 0 Å². The summed E-state index contributed by atoms with van der Waals surface area (Å²) in [6, 6.07) is 18.0. The third-order valence-corrected chi connectivity index (χ3v) is 3.69. The van der Waals surface area contributed by atoms with Crippen LogP contribution in [0.3, 0.4) is 0 Å². The standard InChI is InChI=1S/C17H18BrNO/c1-2-19(13-14-7-4-3-5-8-14)17(20)12-15-9-6-10-16(18)11-15/h3-11H,2,12-13H2,1H3. The van der Waals surface area contributed by atoms with Crippen molar-refractivity contribution in [2.75, 3.05) is 6.54 Å². The molecular weight excluding hydrogens is 314 g/mol. The van der Waals surface area contributed by atoms with Crippen molar-refractivity contribution in [3.63, 3.8) is 0 Å². The Balaban J connectivity index is 2.02. The lowest BCUT2D eigenvalue weighted by atomic mass is 10.1. The number of hydrogen-bond acceptors (Lipinski definition) is 1. The van der Waals surface area contributed by atoms with Crippen LogP contribution in [0.15, 0.2) is 59.1 Å². The minimum Gasteiger partial charge on any atom is -0.338 e. The molecule has 0 aromatic heterocycles. The van der Waals surface area contributed by atoms with E-state index < -0.39 is 0 Å². The molecule has 2 nitrogen and oxygen atoms in total. The van der Waals surface area contributed by atoms with E-state index in [4.69, 9.17) is 0 Å². The van der Waals surface area contributed by atoms with Crippen LogP contribution in [0.1, 0.15) is 18.1 Å². The first-order chi connectivity index (χ1) is 9.69. The molecule has 0 fully saturated rings. The highest BCUT2D eigenvalue weighted by Gasteiger charge is 2.12. The second-order valence-corrected chi connectivity index (χ2v) is 5.62. The SMILES string of the molecule is CCN(Cc1ccccc1)C(=O)Cc1cccc(Br)c1. The molecular formula is C17H18BrNO. The van der Waals surface area contributed by atoms with Crippen LogP contribution in [0.5, 0.6) is 0 Å². The first kappa shape index (κ1) is 14.8. The van der Waals surface area contributed by atoms with Crippen molar-refractivity contribution in [2.24, 2.45) is 0 Å². The molecule has 0 aliphatic rings. The van der Waals surface area contributed by atoms with Crippen LogP contribution in [0.25, 0.3) is 0 Å². The number of hydrogen-bond donors (Lipinski definition) is 0. The number of nitrogens with zero attached hydrogens (tertiary/aromatic N) is 1. The molecule has 1 amide bonds. The van der Waals surface area contributed by atoms with Crippen molar-refractivity contribution in [1.29, 1.82) is 0 Å². The summed E-state index contributed by atoms with van der Waals surface area (Å²) in [5, 5.41) is 0. The highest BCUT2D eigenvalue weighted by Crippen LogP contribution is 2.13. The Morgan fingerprint density at radius 3 is 2.40 bits per heavy atom. The molecule has 3 heteroatoms. The number of benzene rings is 2. The van der Waals surface area contributed by atoms with E-state index in [0.29, 0.717) is 13.0 Å². The van der Waals surface area contributed by atoms with Crippen LogP contribution in [0.4, 0.5) is 0 Å². The average Bonchev–Trinajstić information content (AvgIpc) is 2.45. The highest BCUT2D eigenvalue weighted by molar-refractivity contribution is 9.10. The Hall–Kier alpha value is -1.61. The zero-order valence-corrected chi connectivity index (χ0v) is 13.1. The molecule has 0 bridgehead atoms. The summed E-state index contributed by atoms with van der Waals surface area (Å²) in [5.74, 6) is 0.162. The monoisotopic (exact) mass is 331 g/mol. The van der Waals surface area contributed by atoms with E-state index in [0.717, 1.165) is 22.1 Å². The Labute approximate surface area is 128 Å². The molecule has 0 heterocycles. The summed E-state index contributed by atoms with van der Waals surface area (Å²) in [6.07, 6.45) is 0.445. The maximum Gasteiger partial charge on any atom is 0.227 e. The zero-order chi connectivity index (χ0) is 14.4. The second-order valence-electron chi connectivity index (χ2n) is 4.70. The van der Waals surface area contributed by atoms with Crippen LogP contribution in [-0.4, -0.2) is 17.4 Å². The Kier molecular flexibility index (Phi) is 5.36. The van der Waals surface area contributed by atoms with Gasteiger partial charge in [0.05, 0.1) is 6.42 Å². The topological polar surface area (TPSA) is 20.3 Å². The molecule has 2 rings (SSSR count). The number of rotatable bonds is 5. The van der Waals surface area contributed by atoms with Gasteiger partial charge in [-0.2, -0.15) is 0 Å². The second kappa shape index (κ2) is 7.25. The molecule has 0 aliphatic heterocycles. The average molecular weight is 332 g/mol. The summed E-state index contributed by atoms with van der Waals surface area (Å²) in [5.41, 5.74) is 2.20. The summed E-state index contributed by atoms with van der Waals surface area (Å²) in [7, 11) is 0. The fourth-order valence-corrected chi connectivity index (χ4v) is 2.56. The van der Waals surface area contributed by atoms with Crippen LogP contribution >= 0.6 is 15.9 Å². The third kappa shape index (κ3) is 4.20. The molecule has 0 unspecified atom stereocenters. The van der Waals surface area contributed by atoms with Crippen molar-refractivity contribution in [3.05, 3.63) is 70.2 Å². The highest BCUT2D eigenvalue weighted by atomic mass is 79.9. The molecule has 0 atom stereocenters. The zero-order valence-electron chi connectivity index (χ0n) is 11.6. The van der Waals surface area contributed by atoms with Gasteiger partial charge in [-0.1, -0.05) is 58.4 Å². The van der Waals surface area contributed by atoms with Gasteiger partial charge in [0.25, 0.3) is 0 Å². The van der Waals surface area contributed by atoms with E-state index in [2.05, 4.69) is 28.1 Å². The predicted octanol–water partition coefficient (Wildman–Crippen LogP) is 4.04. The number of amides is 1. The quantitative estimate of drug-likeness (QED) is 0.809. The van der Waals surface area contributed by atoms with E-state index in [1.54, 1.807) is 0 Å². The van der Waals surface area contributed by atoms with E-state index in [-0.39, 0.29) is 5.91 Å². The van der Waals surface area contributed by atoms with Crippen molar-refractivity contribution < 1.29 is 4.79 Å². The number of halogens is 1. The summed E-state index contributed by atoms with van der Waals surface area (Å²) in [6.45, 7) is 3.41. The minimum atomic E-state index is 0.162. The Morgan fingerprint density at radius 2 is 1.75 bits per heavy atom. The molecule has 0 saturated carbocycles. The van der Waals surface area contributed by atoms with Gasteiger partial charge < -0.3 is 4.90 Å². The Morgan fingerprint density at radius 1 is 1.05 bits per heavy atom. The van der Waals surface area contributed by atoms with E-state index in [1.165, 1.54) is 0 Å². The van der Waals surface area contributed by atoms with Crippen LogP contribution in [-0.2, 0) is 17.8 Å². The number of carbonyl (C=O) groups is 1. The lowest BCUT2D eigenvalue weighted by molar-refractivity contribution is -0.130. The molecule has 2 aromatic carbocycles. The molecule has 0 saturated heterocycles. The minimum absolute atomic E-state index is 0.162. The molecule has 2 aromatic rings. The summed E-state index contributed by atoms with van der Waals surface area (Å²) in [4.78, 5) is 14.3. The molecule has 0 N–H and O–H groups in total. The fourth-order valence-electron chi connectivity index (χ4n) is 2.11. The van der Waals surface area contributed by atoms with Gasteiger partial charge in [0.2, 0.25) is 5.91 Å². The first-order valence-electron chi connectivity index (χ1n) is 6.75. The number of likely N-dealkylation sites (N-methyl/N-ethyl adjacent to an activating group) is 1. The lowest BCUT2D eigenvalue weighted by Gasteiger charge is -2.21.